The van der Waals surface area contributed by atoms with Crippen LogP contribution < -0.4 is 15.8 Å². The second-order valence-electron chi connectivity index (χ2n) is 13.2. The van der Waals surface area contributed by atoms with Gasteiger partial charge in [0.15, 0.2) is 5.75 Å². The molecule has 0 fully saturated rings. The number of azo groups is 3. The predicted octanol–water partition coefficient (Wildman–Crippen LogP) is 10.1. The minimum absolute atomic E-state index is 0.0526. The summed E-state index contributed by atoms with van der Waals surface area (Å²) in [6, 6.07) is 27.0. The zero-order valence-electron chi connectivity index (χ0n) is 31.9. The van der Waals surface area contributed by atoms with Crippen LogP contribution in [0.15, 0.2) is 156 Å². The van der Waals surface area contributed by atoms with Crippen molar-refractivity contribution in [2.24, 2.45) is 30.7 Å². The number of aromatic hydroxyl groups is 3. The Balaban J connectivity index is 1.21. The molecule has 0 saturated carbocycles. The lowest BCUT2D eigenvalue weighted by atomic mass is 10.1. The van der Waals surface area contributed by atoms with E-state index in [1.54, 1.807) is 43.3 Å². The summed E-state index contributed by atoms with van der Waals surface area (Å²) in [6.07, 6.45) is 0. The number of anilines is 2. The Morgan fingerprint density at radius 1 is 0.645 bits per heavy atom. The Bertz CT molecular complexity index is 3270. The molecule has 0 heterocycles. The number of nitrogens with one attached hydrogen (secondary N) is 1. The van der Waals surface area contributed by atoms with Crippen LogP contribution in [0, 0.1) is 0 Å². The molecule has 62 heavy (non-hydrogen) atoms. The number of benzene rings is 7. The Kier molecular flexibility index (Phi) is 11.6. The molecule has 7 aromatic rings. The number of rotatable bonds is 12. The van der Waals surface area contributed by atoms with Crippen LogP contribution in [0.2, 0.25) is 0 Å². The van der Waals surface area contributed by atoms with E-state index in [9.17, 15) is 46.1 Å². The van der Waals surface area contributed by atoms with Gasteiger partial charge in [-0.2, -0.15) is 27.1 Å². The van der Waals surface area contributed by atoms with Crippen molar-refractivity contribution < 1.29 is 50.8 Å². The maximum absolute atomic E-state index is 13.3. The molecule has 0 spiro atoms. The van der Waals surface area contributed by atoms with Gasteiger partial charge < -0.3 is 31.1 Å². The Hall–Kier alpha value is -7.85. The van der Waals surface area contributed by atoms with E-state index in [2.05, 4.69) is 36.0 Å². The first-order valence-electron chi connectivity index (χ1n) is 18.0. The topological polar surface area (TPSA) is 308 Å². The standard InChI is InChI=1S/C41H32N8O11S2/c1-2-60-35-21-33(47-45-26-11-14-31(42)36(19-26)61(54,55)56)29-8-3-4-9-30(29)38(35)48-49-39-37(62(57,58)59)18-23-17-24(10-13-28(23)40(39)52)43-41(53)22-6-5-7-25(16-22)44-46-32-15-12-27(50)20-34(32)51/h3-21,50-52H,2,42H2,1H3,(H,43,53)(H,54,55,56)(H,57,58,59). The molecule has 314 valence electrons. The summed E-state index contributed by atoms with van der Waals surface area (Å²) in [6.45, 7) is 1.83. The number of carbonyl (C=O) groups excluding carboxylic acids is 1. The average molecular weight is 877 g/mol. The molecule has 0 aliphatic rings. The predicted molar refractivity (Wildman–Crippen MR) is 228 cm³/mol. The summed E-state index contributed by atoms with van der Waals surface area (Å²) in [5.74, 6) is -1.58. The first kappa shape index (κ1) is 42.3. The van der Waals surface area contributed by atoms with Gasteiger partial charge in [-0.05, 0) is 85.1 Å². The van der Waals surface area contributed by atoms with E-state index in [-0.39, 0.29) is 80.0 Å². The molecule has 8 N–H and O–H groups in total. The highest BCUT2D eigenvalue weighted by molar-refractivity contribution is 7.86. The molecule has 0 radical (unpaired) electrons. The molecular formula is C41H32N8O11S2. The molecule has 0 bridgehead atoms. The Morgan fingerprint density at radius 3 is 2.05 bits per heavy atom. The fourth-order valence-corrected chi connectivity index (χ4v) is 7.42. The number of nitrogens with two attached hydrogens (primary N) is 1. The van der Waals surface area contributed by atoms with Crippen LogP contribution in [-0.4, -0.2) is 53.8 Å². The van der Waals surface area contributed by atoms with Crippen molar-refractivity contribution in [1.82, 2.24) is 0 Å². The largest absolute Gasteiger partial charge is 0.508 e. The van der Waals surface area contributed by atoms with Crippen LogP contribution in [0.5, 0.6) is 23.0 Å². The lowest BCUT2D eigenvalue weighted by Crippen LogP contribution is -2.11. The summed E-state index contributed by atoms with van der Waals surface area (Å²) in [5.41, 5.74) is 6.01. The van der Waals surface area contributed by atoms with Crippen LogP contribution in [0.25, 0.3) is 21.5 Å². The normalized spacial score (nSPS) is 12.2. The van der Waals surface area contributed by atoms with Gasteiger partial charge in [-0.25, -0.2) is 0 Å². The number of amides is 1. The second-order valence-corrected chi connectivity index (χ2v) is 16.0. The fourth-order valence-electron chi connectivity index (χ4n) is 6.13. The molecule has 0 saturated heterocycles. The number of phenolic OH excluding ortho intramolecular Hbond substituents is 3. The first-order chi connectivity index (χ1) is 29.5. The maximum Gasteiger partial charge on any atom is 0.296 e. The highest BCUT2D eigenvalue weighted by Crippen LogP contribution is 2.46. The molecule has 0 unspecified atom stereocenters. The highest BCUT2D eigenvalue weighted by atomic mass is 32.2. The number of nitrogens with zero attached hydrogens (tertiary/aromatic N) is 6. The van der Waals surface area contributed by atoms with Crippen molar-refractivity contribution >= 4 is 93.2 Å². The third kappa shape index (κ3) is 9.14. The minimum atomic E-state index is -5.05. The quantitative estimate of drug-likeness (QED) is 0.0342. The van der Waals surface area contributed by atoms with Crippen LogP contribution in [0.4, 0.5) is 45.5 Å². The van der Waals surface area contributed by atoms with Crippen LogP contribution in [0.1, 0.15) is 17.3 Å². The number of fused-ring (bicyclic) bond motifs is 2. The van der Waals surface area contributed by atoms with Gasteiger partial charge in [-0.3, -0.25) is 13.9 Å². The van der Waals surface area contributed by atoms with Gasteiger partial charge in [0, 0.05) is 39.5 Å². The molecule has 1 amide bonds. The van der Waals surface area contributed by atoms with Crippen molar-refractivity contribution in [3.63, 3.8) is 0 Å². The summed E-state index contributed by atoms with van der Waals surface area (Å²) < 4.78 is 74.8. The van der Waals surface area contributed by atoms with E-state index in [1.165, 1.54) is 60.7 Å². The number of ether oxygens (including phenoxy) is 1. The van der Waals surface area contributed by atoms with E-state index in [0.717, 1.165) is 18.2 Å². The van der Waals surface area contributed by atoms with Crippen LogP contribution in [0.3, 0.4) is 0 Å². The second kappa shape index (κ2) is 17.0. The third-order valence-electron chi connectivity index (χ3n) is 8.98. The fraction of sp³-hybridized carbons (Fsp3) is 0.0488. The van der Waals surface area contributed by atoms with E-state index >= 15 is 0 Å². The van der Waals surface area contributed by atoms with Crippen LogP contribution in [-0.2, 0) is 20.2 Å². The van der Waals surface area contributed by atoms with Gasteiger partial charge in [-0.15, -0.1) is 20.5 Å². The van der Waals surface area contributed by atoms with Crippen molar-refractivity contribution in [2.45, 2.75) is 16.7 Å². The number of hydrogen-bond acceptors (Lipinski definition) is 16. The number of carbonyl (C=O) groups is 1. The molecule has 7 rings (SSSR count). The monoisotopic (exact) mass is 876 g/mol. The summed E-state index contributed by atoms with van der Waals surface area (Å²) in [5, 5.41) is 59.4. The van der Waals surface area contributed by atoms with Crippen molar-refractivity contribution in [3.05, 3.63) is 121 Å². The Labute approximate surface area is 351 Å². The average Bonchev–Trinajstić information content (AvgIpc) is 3.22. The summed E-state index contributed by atoms with van der Waals surface area (Å²) in [4.78, 5) is 11.9. The zero-order valence-corrected chi connectivity index (χ0v) is 33.6. The van der Waals surface area contributed by atoms with Crippen LogP contribution >= 0.6 is 0 Å². The van der Waals surface area contributed by atoms with E-state index in [4.69, 9.17) is 10.5 Å². The van der Waals surface area contributed by atoms with E-state index in [1.807, 2.05) is 0 Å². The molecule has 0 aliphatic heterocycles. The molecule has 0 aromatic heterocycles. The van der Waals surface area contributed by atoms with E-state index < -0.39 is 47.4 Å². The lowest BCUT2D eigenvalue weighted by molar-refractivity contribution is 0.102. The SMILES string of the molecule is CCOc1cc(N=Nc2ccc(N)c(S(=O)(=O)O)c2)c2ccccc2c1N=Nc1c(S(=O)(=O)O)cc2cc(NC(=O)c3cccc(N=Nc4ccc(O)cc4O)c3)ccc2c1O. The first-order valence-corrected chi connectivity index (χ1v) is 20.9. The maximum atomic E-state index is 13.3. The van der Waals surface area contributed by atoms with E-state index in [0.29, 0.717) is 10.8 Å². The smallest absolute Gasteiger partial charge is 0.296 e. The molecule has 21 heteroatoms. The van der Waals surface area contributed by atoms with Gasteiger partial charge in [0.25, 0.3) is 26.1 Å². The van der Waals surface area contributed by atoms with Gasteiger partial charge >= 0.3 is 0 Å². The zero-order chi connectivity index (χ0) is 44.3. The third-order valence-corrected chi connectivity index (χ3v) is 10.8. The summed E-state index contributed by atoms with van der Waals surface area (Å²) in [7, 11) is -9.70. The minimum Gasteiger partial charge on any atom is -0.508 e. The summed E-state index contributed by atoms with van der Waals surface area (Å²) >= 11 is 0. The van der Waals surface area contributed by atoms with Gasteiger partial charge in [0.1, 0.15) is 44.1 Å². The number of phenols is 3. The molecule has 0 aliphatic carbocycles. The van der Waals surface area contributed by atoms with Crippen molar-refractivity contribution in [3.8, 4) is 23.0 Å². The number of nitrogen functional groups attached to an aromatic ring is 1. The van der Waals surface area contributed by atoms with Crippen molar-refractivity contribution in [1.29, 1.82) is 0 Å². The highest BCUT2D eigenvalue weighted by Gasteiger charge is 2.23. The Morgan fingerprint density at radius 2 is 1.34 bits per heavy atom. The number of hydrogen-bond donors (Lipinski definition) is 7. The molecule has 0 atom stereocenters. The lowest BCUT2D eigenvalue weighted by Gasteiger charge is -2.13. The molecule has 7 aromatic carbocycles. The molecular weight excluding hydrogens is 845 g/mol. The molecule has 19 nitrogen and oxygen atoms in total. The van der Waals surface area contributed by atoms with Crippen molar-refractivity contribution in [2.75, 3.05) is 17.7 Å². The van der Waals surface area contributed by atoms with Gasteiger partial charge in [-0.1, -0.05) is 30.3 Å². The van der Waals surface area contributed by atoms with Gasteiger partial charge in [0.2, 0.25) is 0 Å². The van der Waals surface area contributed by atoms with Gasteiger partial charge in [0.05, 0.1) is 29.4 Å².